The van der Waals surface area contributed by atoms with Crippen LogP contribution in [0.2, 0.25) is 10.0 Å². The van der Waals surface area contributed by atoms with Gasteiger partial charge in [0, 0.05) is 48.9 Å². The Bertz CT molecular complexity index is 1610. The molecule has 1 saturated carbocycles. The van der Waals surface area contributed by atoms with Crippen LogP contribution in [0.5, 0.6) is 11.5 Å². The lowest BCUT2D eigenvalue weighted by Gasteiger charge is -2.17. The van der Waals surface area contributed by atoms with Gasteiger partial charge in [0.1, 0.15) is 17.1 Å². The van der Waals surface area contributed by atoms with Crippen LogP contribution in [0.1, 0.15) is 25.3 Å². The van der Waals surface area contributed by atoms with Gasteiger partial charge in [-0.05, 0) is 48.9 Å². The number of methoxy groups -OCH3 is 2. The molecule has 2 heterocycles. The number of fused-ring (bicyclic) bond motifs is 1. The lowest BCUT2D eigenvalue weighted by Crippen LogP contribution is -2.24. The van der Waals surface area contributed by atoms with Gasteiger partial charge < -0.3 is 20.1 Å². The summed E-state index contributed by atoms with van der Waals surface area (Å²) in [6, 6.07) is 10.8. The SMILES string of the molecule is COc1cc(OC)c(Cl)c(-c2cc3cnc(NCC4CC4)nc3n(CCc3ccc(NC(C)=O)cc3)c2=O)c1Cl. The molecule has 1 amide bonds. The number of rotatable bonds is 10. The number of carbonyl (C=O) groups is 1. The van der Waals surface area contributed by atoms with Gasteiger partial charge in [0.2, 0.25) is 11.9 Å². The highest BCUT2D eigenvalue weighted by Crippen LogP contribution is 2.45. The summed E-state index contributed by atoms with van der Waals surface area (Å²) in [4.78, 5) is 34.7. The van der Waals surface area contributed by atoms with Crippen LogP contribution in [-0.4, -0.2) is 41.2 Å². The van der Waals surface area contributed by atoms with E-state index in [1.807, 2.05) is 24.3 Å². The van der Waals surface area contributed by atoms with Gasteiger partial charge in [0.15, 0.2) is 0 Å². The van der Waals surface area contributed by atoms with E-state index in [-0.39, 0.29) is 27.1 Å². The number of hydrogen-bond donors (Lipinski definition) is 2. The molecule has 5 rings (SSSR count). The predicted molar refractivity (Wildman–Crippen MR) is 158 cm³/mol. The zero-order chi connectivity index (χ0) is 28.4. The summed E-state index contributed by atoms with van der Waals surface area (Å²) in [5.41, 5.74) is 2.47. The highest BCUT2D eigenvalue weighted by molar-refractivity contribution is 6.41. The molecule has 208 valence electrons. The van der Waals surface area contributed by atoms with Crippen molar-refractivity contribution in [3.05, 3.63) is 68.6 Å². The van der Waals surface area contributed by atoms with Crippen LogP contribution in [0.3, 0.4) is 0 Å². The summed E-state index contributed by atoms with van der Waals surface area (Å²) < 4.78 is 12.5. The standard InChI is InChI=1S/C29H29Cl2N5O4/c1-16(37)34-20-8-6-17(7-9-20)10-11-36-27-19(15-33-29(35-27)32-14-18-4-5-18)12-21(28(36)38)24-25(30)22(39-2)13-23(40-3)26(24)31/h6-9,12-13,15,18H,4-5,10-11,14H2,1-3H3,(H,34,37)(H,32,33,35). The van der Waals surface area contributed by atoms with E-state index in [1.54, 1.807) is 22.9 Å². The number of carbonyl (C=O) groups excluding carboxylic acids is 1. The molecular weight excluding hydrogens is 553 g/mol. The lowest BCUT2D eigenvalue weighted by atomic mass is 10.0. The average molecular weight is 582 g/mol. The number of ether oxygens (including phenoxy) is 2. The maximum atomic E-state index is 14.1. The number of nitrogens with zero attached hydrogens (tertiary/aromatic N) is 3. The van der Waals surface area contributed by atoms with Crippen molar-refractivity contribution in [2.75, 3.05) is 31.4 Å². The summed E-state index contributed by atoms with van der Waals surface area (Å²) in [7, 11) is 2.97. The zero-order valence-corrected chi connectivity index (χ0v) is 23.9. The van der Waals surface area contributed by atoms with Crippen LogP contribution in [0.4, 0.5) is 11.6 Å². The molecule has 4 aromatic rings. The highest BCUT2D eigenvalue weighted by Gasteiger charge is 2.24. The molecule has 2 aromatic carbocycles. The van der Waals surface area contributed by atoms with E-state index in [2.05, 4.69) is 15.6 Å². The number of halogens is 2. The maximum Gasteiger partial charge on any atom is 0.260 e. The van der Waals surface area contributed by atoms with E-state index in [9.17, 15) is 9.59 Å². The Hall–Kier alpha value is -3.82. The summed E-state index contributed by atoms with van der Waals surface area (Å²) in [5.74, 6) is 1.63. The topological polar surface area (TPSA) is 107 Å². The Morgan fingerprint density at radius 1 is 1.07 bits per heavy atom. The molecule has 9 nitrogen and oxygen atoms in total. The molecule has 2 N–H and O–H groups in total. The molecular formula is C29H29Cl2N5O4. The smallest absolute Gasteiger partial charge is 0.260 e. The first kappa shape index (κ1) is 27.7. The first-order valence-electron chi connectivity index (χ1n) is 12.9. The molecule has 0 saturated heterocycles. The van der Waals surface area contributed by atoms with Crippen molar-refractivity contribution in [2.45, 2.75) is 32.7 Å². The Morgan fingerprint density at radius 3 is 2.35 bits per heavy atom. The summed E-state index contributed by atoms with van der Waals surface area (Å²) >= 11 is 13.4. The Kier molecular flexibility index (Phi) is 8.14. The monoisotopic (exact) mass is 581 g/mol. The molecule has 0 radical (unpaired) electrons. The van der Waals surface area contributed by atoms with Crippen LogP contribution < -0.4 is 25.7 Å². The fraction of sp³-hybridized carbons (Fsp3) is 0.310. The lowest BCUT2D eigenvalue weighted by molar-refractivity contribution is -0.114. The third-order valence-electron chi connectivity index (χ3n) is 6.81. The average Bonchev–Trinajstić information content (AvgIpc) is 3.77. The fourth-order valence-electron chi connectivity index (χ4n) is 4.51. The number of amides is 1. The number of aryl methyl sites for hydroxylation is 2. The minimum Gasteiger partial charge on any atom is -0.495 e. The Morgan fingerprint density at radius 2 is 1.75 bits per heavy atom. The molecule has 11 heteroatoms. The van der Waals surface area contributed by atoms with Gasteiger partial charge in [-0.1, -0.05) is 35.3 Å². The van der Waals surface area contributed by atoms with Crippen LogP contribution in [0.25, 0.3) is 22.2 Å². The van der Waals surface area contributed by atoms with Crippen molar-refractivity contribution in [1.82, 2.24) is 14.5 Å². The molecule has 1 aliphatic carbocycles. The summed E-state index contributed by atoms with van der Waals surface area (Å²) in [6.45, 7) is 2.59. The molecule has 1 fully saturated rings. The van der Waals surface area contributed by atoms with Crippen LogP contribution in [0, 0.1) is 5.92 Å². The van der Waals surface area contributed by atoms with Gasteiger partial charge in [0.05, 0.1) is 29.8 Å². The number of hydrogen-bond acceptors (Lipinski definition) is 7. The Labute approximate surface area is 241 Å². The van der Waals surface area contributed by atoms with Gasteiger partial charge in [-0.15, -0.1) is 0 Å². The van der Waals surface area contributed by atoms with Crippen molar-refractivity contribution < 1.29 is 14.3 Å². The van der Waals surface area contributed by atoms with Crippen LogP contribution in [0.15, 0.2) is 47.4 Å². The highest BCUT2D eigenvalue weighted by atomic mass is 35.5. The van der Waals surface area contributed by atoms with E-state index >= 15 is 0 Å². The Balaban J connectivity index is 1.60. The number of benzene rings is 2. The van der Waals surface area contributed by atoms with Gasteiger partial charge in [-0.2, -0.15) is 4.98 Å². The van der Waals surface area contributed by atoms with Crippen molar-refractivity contribution in [3.8, 4) is 22.6 Å². The molecule has 0 unspecified atom stereocenters. The number of nitrogens with one attached hydrogen (secondary N) is 2. The van der Waals surface area contributed by atoms with Gasteiger partial charge >= 0.3 is 0 Å². The maximum absolute atomic E-state index is 14.1. The first-order chi connectivity index (χ1) is 19.3. The van der Waals surface area contributed by atoms with E-state index in [0.717, 1.165) is 12.1 Å². The van der Waals surface area contributed by atoms with Crippen molar-refractivity contribution in [2.24, 2.45) is 5.92 Å². The van der Waals surface area contributed by atoms with E-state index < -0.39 is 0 Å². The normalized spacial score (nSPS) is 12.8. The van der Waals surface area contributed by atoms with E-state index in [1.165, 1.54) is 34.0 Å². The summed E-state index contributed by atoms with van der Waals surface area (Å²) in [6.07, 6.45) is 4.62. The first-order valence-corrected chi connectivity index (χ1v) is 13.7. The molecule has 2 aromatic heterocycles. The molecule has 0 bridgehead atoms. The largest absolute Gasteiger partial charge is 0.495 e. The minimum atomic E-state index is -0.312. The second-order valence-corrected chi connectivity index (χ2v) is 10.5. The van der Waals surface area contributed by atoms with Crippen molar-refractivity contribution in [3.63, 3.8) is 0 Å². The van der Waals surface area contributed by atoms with Gasteiger partial charge in [-0.3, -0.25) is 14.2 Å². The second-order valence-electron chi connectivity index (χ2n) is 9.72. The fourth-order valence-corrected chi connectivity index (χ4v) is 5.21. The molecule has 0 aliphatic heterocycles. The quantitative estimate of drug-likeness (QED) is 0.243. The van der Waals surface area contributed by atoms with E-state index in [4.69, 9.17) is 37.7 Å². The van der Waals surface area contributed by atoms with Crippen molar-refractivity contribution >= 4 is 51.8 Å². The number of pyridine rings is 1. The molecule has 1 aliphatic rings. The van der Waals surface area contributed by atoms with Crippen molar-refractivity contribution in [1.29, 1.82) is 0 Å². The van der Waals surface area contributed by atoms with Crippen LogP contribution in [-0.2, 0) is 17.8 Å². The summed E-state index contributed by atoms with van der Waals surface area (Å²) in [5, 5.41) is 7.11. The minimum absolute atomic E-state index is 0.139. The van der Waals surface area contributed by atoms with Gasteiger partial charge in [-0.25, -0.2) is 4.98 Å². The zero-order valence-electron chi connectivity index (χ0n) is 22.4. The predicted octanol–water partition coefficient (Wildman–Crippen LogP) is 5.81. The van der Waals surface area contributed by atoms with Gasteiger partial charge in [0.25, 0.3) is 5.56 Å². The second kappa shape index (κ2) is 11.7. The number of aromatic nitrogens is 3. The molecule has 0 atom stereocenters. The van der Waals surface area contributed by atoms with Crippen LogP contribution >= 0.6 is 23.2 Å². The molecule has 40 heavy (non-hydrogen) atoms. The number of anilines is 2. The third kappa shape index (κ3) is 5.85. The van der Waals surface area contributed by atoms with E-state index in [0.29, 0.717) is 58.6 Å². The third-order valence-corrected chi connectivity index (χ3v) is 7.56. The molecule has 0 spiro atoms.